The van der Waals surface area contributed by atoms with Gasteiger partial charge in [0, 0.05) is 7.05 Å². The molecule has 0 aromatic carbocycles. The van der Waals surface area contributed by atoms with Gasteiger partial charge in [0.15, 0.2) is 16.7 Å². The summed E-state index contributed by atoms with van der Waals surface area (Å²) in [5.41, 5.74) is 5.55. The second kappa shape index (κ2) is 6.89. The Hall–Kier alpha value is -2.59. The van der Waals surface area contributed by atoms with E-state index in [9.17, 15) is 9.59 Å². The molecule has 10 heteroatoms. The average molecular weight is 363 g/mol. The Morgan fingerprint density at radius 2 is 2.25 bits per heavy atom. The SMILES string of the molecule is Cn1c(SCC(=O)Nc2sccc2C(N)=O)nnc1-c1ccco1. The van der Waals surface area contributed by atoms with Gasteiger partial charge in [-0.25, -0.2) is 0 Å². The number of primary amides is 1. The molecule has 3 heterocycles. The molecule has 0 fully saturated rings. The van der Waals surface area contributed by atoms with Crippen LogP contribution in [0.2, 0.25) is 0 Å². The second-order valence-corrected chi connectivity index (χ2v) is 6.57. The van der Waals surface area contributed by atoms with Crippen molar-refractivity contribution < 1.29 is 14.0 Å². The van der Waals surface area contributed by atoms with Crippen LogP contribution < -0.4 is 11.1 Å². The van der Waals surface area contributed by atoms with E-state index in [-0.39, 0.29) is 11.7 Å². The summed E-state index contributed by atoms with van der Waals surface area (Å²) in [6.07, 6.45) is 1.56. The first-order valence-corrected chi connectivity index (χ1v) is 8.66. The first-order valence-electron chi connectivity index (χ1n) is 6.79. The molecule has 3 aromatic heterocycles. The predicted octanol–water partition coefficient (Wildman–Crippen LogP) is 1.97. The highest BCUT2D eigenvalue weighted by molar-refractivity contribution is 7.99. The van der Waals surface area contributed by atoms with Gasteiger partial charge in [-0.2, -0.15) is 0 Å². The largest absolute Gasteiger partial charge is 0.461 e. The van der Waals surface area contributed by atoms with Crippen molar-refractivity contribution in [2.45, 2.75) is 5.16 Å². The Morgan fingerprint density at radius 3 is 2.96 bits per heavy atom. The highest BCUT2D eigenvalue weighted by Gasteiger charge is 2.16. The van der Waals surface area contributed by atoms with E-state index < -0.39 is 5.91 Å². The summed E-state index contributed by atoms with van der Waals surface area (Å²) in [4.78, 5) is 23.3. The van der Waals surface area contributed by atoms with Gasteiger partial charge in [0.1, 0.15) is 5.00 Å². The van der Waals surface area contributed by atoms with Gasteiger partial charge in [-0.1, -0.05) is 11.8 Å². The third-order valence-corrected chi connectivity index (χ3v) is 4.94. The van der Waals surface area contributed by atoms with Crippen molar-refractivity contribution in [3.8, 4) is 11.6 Å². The number of carbonyl (C=O) groups is 2. The Morgan fingerprint density at radius 1 is 1.42 bits per heavy atom. The van der Waals surface area contributed by atoms with E-state index in [0.717, 1.165) is 0 Å². The highest BCUT2D eigenvalue weighted by Crippen LogP contribution is 2.25. The zero-order chi connectivity index (χ0) is 17.1. The molecule has 2 amide bonds. The number of hydrogen-bond acceptors (Lipinski definition) is 7. The summed E-state index contributed by atoms with van der Waals surface area (Å²) in [7, 11) is 1.79. The molecule has 8 nitrogen and oxygen atoms in total. The molecule has 0 saturated heterocycles. The normalized spacial score (nSPS) is 10.7. The molecule has 24 heavy (non-hydrogen) atoms. The molecule has 0 unspecified atom stereocenters. The fraction of sp³-hybridized carbons (Fsp3) is 0.143. The van der Waals surface area contributed by atoms with Crippen LogP contribution in [0.5, 0.6) is 0 Å². The van der Waals surface area contributed by atoms with Gasteiger partial charge in [0.05, 0.1) is 17.6 Å². The number of furan rings is 1. The Kier molecular flexibility index (Phi) is 4.67. The fourth-order valence-electron chi connectivity index (χ4n) is 1.95. The summed E-state index contributed by atoms with van der Waals surface area (Å²) in [6, 6.07) is 5.13. The van der Waals surface area contributed by atoms with Crippen molar-refractivity contribution >= 4 is 39.9 Å². The summed E-state index contributed by atoms with van der Waals surface area (Å²) in [6.45, 7) is 0. The summed E-state index contributed by atoms with van der Waals surface area (Å²) in [5.74, 6) is 0.478. The standard InChI is InChI=1S/C14H13N5O3S2/c1-19-12(9-3-2-5-22-9)17-18-14(19)24-7-10(20)16-13-8(11(15)21)4-6-23-13/h2-6H,7H2,1H3,(H2,15,21)(H,16,20). The second-order valence-electron chi connectivity index (χ2n) is 4.71. The Bertz CT molecular complexity index is 869. The fourth-order valence-corrected chi connectivity index (χ4v) is 3.47. The molecule has 0 atom stereocenters. The Balaban J connectivity index is 1.63. The van der Waals surface area contributed by atoms with E-state index in [2.05, 4.69) is 15.5 Å². The topological polar surface area (TPSA) is 116 Å². The lowest BCUT2D eigenvalue weighted by atomic mass is 10.3. The average Bonchev–Trinajstić information content (AvgIpc) is 3.25. The van der Waals surface area contributed by atoms with E-state index in [0.29, 0.717) is 27.3 Å². The van der Waals surface area contributed by atoms with E-state index >= 15 is 0 Å². The van der Waals surface area contributed by atoms with E-state index in [1.165, 1.54) is 23.1 Å². The van der Waals surface area contributed by atoms with Gasteiger partial charge in [0.2, 0.25) is 5.91 Å². The number of carbonyl (C=O) groups excluding carboxylic acids is 2. The Labute approximate surface area is 145 Å². The summed E-state index contributed by atoms with van der Waals surface area (Å²) < 4.78 is 7.04. The molecule has 0 radical (unpaired) electrons. The number of thiophene rings is 1. The van der Waals surface area contributed by atoms with Crippen LogP contribution >= 0.6 is 23.1 Å². The van der Waals surface area contributed by atoms with Crippen molar-refractivity contribution in [2.24, 2.45) is 12.8 Å². The van der Waals surface area contributed by atoms with Gasteiger partial charge in [-0.3, -0.25) is 9.59 Å². The molecule has 124 valence electrons. The van der Waals surface area contributed by atoms with Gasteiger partial charge in [-0.05, 0) is 23.6 Å². The lowest BCUT2D eigenvalue weighted by Crippen LogP contribution is -2.18. The molecule has 0 aliphatic carbocycles. The van der Waals surface area contributed by atoms with Crippen LogP contribution in [0.3, 0.4) is 0 Å². The minimum Gasteiger partial charge on any atom is -0.461 e. The number of amides is 2. The number of rotatable bonds is 6. The third kappa shape index (κ3) is 3.34. The molecule has 0 spiro atoms. The zero-order valence-corrected chi connectivity index (χ0v) is 14.2. The van der Waals surface area contributed by atoms with Crippen LogP contribution in [0.1, 0.15) is 10.4 Å². The quantitative estimate of drug-likeness (QED) is 0.647. The zero-order valence-electron chi connectivity index (χ0n) is 12.6. The summed E-state index contributed by atoms with van der Waals surface area (Å²) in [5, 5.41) is 13.5. The van der Waals surface area contributed by atoms with Crippen LogP contribution in [0.4, 0.5) is 5.00 Å². The van der Waals surface area contributed by atoms with Gasteiger partial charge in [-0.15, -0.1) is 21.5 Å². The molecule has 0 aliphatic heterocycles. The van der Waals surface area contributed by atoms with E-state index in [1.807, 2.05) is 0 Å². The number of hydrogen-bond donors (Lipinski definition) is 2. The number of nitrogens with zero attached hydrogens (tertiary/aromatic N) is 3. The summed E-state index contributed by atoms with van der Waals surface area (Å²) >= 11 is 2.48. The number of thioether (sulfide) groups is 1. The van der Waals surface area contributed by atoms with Crippen molar-refractivity contribution in [2.75, 3.05) is 11.1 Å². The lowest BCUT2D eigenvalue weighted by Gasteiger charge is -2.04. The van der Waals surface area contributed by atoms with Crippen LogP contribution in [0.25, 0.3) is 11.6 Å². The van der Waals surface area contributed by atoms with Gasteiger partial charge in [0.25, 0.3) is 5.91 Å². The van der Waals surface area contributed by atoms with Gasteiger partial charge < -0.3 is 20.0 Å². The molecule has 0 aliphatic rings. The minimum atomic E-state index is -0.574. The van der Waals surface area contributed by atoms with Crippen molar-refractivity contribution in [3.63, 3.8) is 0 Å². The first-order chi connectivity index (χ1) is 11.6. The number of nitrogens with two attached hydrogens (primary N) is 1. The van der Waals surface area contributed by atoms with Crippen molar-refractivity contribution in [1.82, 2.24) is 14.8 Å². The maximum Gasteiger partial charge on any atom is 0.251 e. The molecular weight excluding hydrogens is 350 g/mol. The minimum absolute atomic E-state index is 0.125. The molecule has 3 aromatic rings. The first kappa shape index (κ1) is 16.3. The number of aromatic nitrogens is 3. The van der Waals surface area contributed by atoms with Crippen molar-refractivity contribution in [3.05, 3.63) is 35.4 Å². The van der Waals surface area contributed by atoms with Gasteiger partial charge >= 0.3 is 0 Å². The third-order valence-electron chi connectivity index (χ3n) is 3.09. The van der Waals surface area contributed by atoms with E-state index in [1.54, 1.807) is 41.5 Å². The maximum atomic E-state index is 12.1. The van der Waals surface area contributed by atoms with Crippen molar-refractivity contribution in [1.29, 1.82) is 0 Å². The molecule has 0 bridgehead atoms. The van der Waals surface area contributed by atoms with Crippen LogP contribution in [-0.4, -0.2) is 32.3 Å². The smallest absolute Gasteiger partial charge is 0.251 e. The van der Waals surface area contributed by atoms with Crippen LogP contribution in [0.15, 0.2) is 39.4 Å². The number of nitrogens with one attached hydrogen (secondary N) is 1. The monoisotopic (exact) mass is 363 g/mol. The molecular formula is C14H13N5O3S2. The van der Waals surface area contributed by atoms with Crippen LogP contribution in [-0.2, 0) is 11.8 Å². The predicted molar refractivity (Wildman–Crippen MR) is 90.9 cm³/mol. The highest BCUT2D eigenvalue weighted by atomic mass is 32.2. The maximum absolute atomic E-state index is 12.1. The lowest BCUT2D eigenvalue weighted by molar-refractivity contribution is -0.113. The van der Waals surface area contributed by atoms with Crippen LogP contribution in [0, 0.1) is 0 Å². The van der Waals surface area contributed by atoms with E-state index in [4.69, 9.17) is 10.2 Å². The number of anilines is 1. The molecule has 3 rings (SSSR count). The molecule has 3 N–H and O–H groups in total. The molecule has 0 saturated carbocycles.